The van der Waals surface area contributed by atoms with Crippen molar-refractivity contribution < 1.29 is 18.3 Å². The van der Waals surface area contributed by atoms with E-state index in [0.717, 1.165) is 0 Å². The second kappa shape index (κ2) is 5.12. The molecule has 0 aromatic heterocycles. The van der Waals surface area contributed by atoms with E-state index in [0.29, 0.717) is 32.0 Å². The van der Waals surface area contributed by atoms with Gasteiger partial charge >= 0.3 is 6.61 Å². The van der Waals surface area contributed by atoms with Crippen LogP contribution in [0, 0.1) is 0 Å². The van der Waals surface area contributed by atoms with Crippen LogP contribution < -0.4 is 9.64 Å². The maximum absolute atomic E-state index is 12.2. The first-order valence-corrected chi connectivity index (χ1v) is 5.14. The van der Waals surface area contributed by atoms with Crippen LogP contribution in [-0.2, 0) is 4.74 Å². The summed E-state index contributed by atoms with van der Waals surface area (Å²) in [5.41, 5.74) is 0.700. The predicted molar refractivity (Wildman–Crippen MR) is 56.1 cm³/mol. The van der Waals surface area contributed by atoms with Gasteiger partial charge in [-0.05, 0) is 12.1 Å². The van der Waals surface area contributed by atoms with E-state index in [2.05, 4.69) is 4.74 Å². The summed E-state index contributed by atoms with van der Waals surface area (Å²) in [4.78, 5) is 1.99. The van der Waals surface area contributed by atoms with Gasteiger partial charge in [-0.25, -0.2) is 0 Å². The molecule has 0 amide bonds. The van der Waals surface area contributed by atoms with Gasteiger partial charge in [0.15, 0.2) is 0 Å². The molecule has 0 N–H and O–H groups in total. The van der Waals surface area contributed by atoms with E-state index in [4.69, 9.17) is 4.74 Å². The lowest BCUT2D eigenvalue weighted by Crippen LogP contribution is -2.36. The summed E-state index contributed by atoms with van der Waals surface area (Å²) in [5.74, 6) is 0.222. The summed E-state index contributed by atoms with van der Waals surface area (Å²) in [6, 6.07) is 6.82. The number of hydrogen-bond donors (Lipinski definition) is 0. The van der Waals surface area contributed by atoms with Gasteiger partial charge in [0, 0.05) is 13.1 Å². The molecule has 0 atom stereocenters. The fraction of sp³-hybridized carbons (Fsp3) is 0.455. The van der Waals surface area contributed by atoms with Crippen LogP contribution in [0.2, 0.25) is 0 Å². The SMILES string of the molecule is FC(F)Oc1ccccc1N1CCOCC1. The highest BCUT2D eigenvalue weighted by Gasteiger charge is 2.16. The molecule has 5 heteroatoms. The zero-order valence-corrected chi connectivity index (χ0v) is 8.73. The Bertz CT molecular complexity index is 341. The first-order chi connectivity index (χ1) is 7.77. The van der Waals surface area contributed by atoms with Crippen molar-refractivity contribution in [3.63, 3.8) is 0 Å². The van der Waals surface area contributed by atoms with Gasteiger partial charge in [0.2, 0.25) is 0 Å². The van der Waals surface area contributed by atoms with Gasteiger partial charge in [0.05, 0.1) is 18.9 Å². The number of ether oxygens (including phenoxy) is 2. The van der Waals surface area contributed by atoms with Crippen molar-refractivity contribution in [2.24, 2.45) is 0 Å². The Balaban J connectivity index is 2.17. The number of alkyl halides is 2. The number of morpholine rings is 1. The third-order valence-corrected chi connectivity index (χ3v) is 2.43. The van der Waals surface area contributed by atoms with Crippen LogP contribution >= 0.6 is 0 Å². The first-order valence-electron chi connectivity index (χ1n) is 5.14. The Morgan fingerprint density at radius 1 is 1.19 bits per heavy atom. The van der Waals surface area contributed by atoms with Crippen molar-refractivity contribution in [2.75, 3.05) is 31.2 Å². The largest absolute Gasteiger partial charge is 0.433 e. The van der Waals surface area contributed by atoms with Crippen molar-refractivity contribution in [3.8, 4) is 5.75 Å². The Morgan fingerprint density at radius 2 is 1.88 bits per heavy atom. The highest BCUT2D eigenvalue weighted by molar-refractivity contribution is 5.58. The highest BCUT2D eigenvalue weighted by atomic mass is 19.3. The second-order valence-corrected chi connectivity index (χ2v) is 3.45. The minimum atomic E-state index is -2.79. The third-order valence-electron chi connectivity index (χ3n) is 2.43. The van der Waals surface area contributed by atoms with Crippen LogP contribution in [0.15, 0.2) is 24.3 Å². The molecule has 0 unspecified atom stereocenters. The monoisotopic (exact) mass is 229 g/mol. The molecule has 1 aromatic carbocycles. The molecule has 1 aromatic rings. The summed E-state index contributed by atoms with van der Waals surface area (Å²) < 4.78 is 34.1. The van der Waals surface area contributed by atoms with Crippen molar-refractivity contribution in [1.82, 2.24) is 0 Å². The predicted octanol–water partition coefficient (Wildman–Crippen LogP) is 2.12. The lowest BCUT2D eigenvalue weighted by molar-refractivity contribution is -0.0496. The van der Waals surface area contributed by atoms with Gasteiger partial charge in [-0.2, -0.15) is 8.78 Å². The maximum atomic E-state index is 12.2. The molecule has 1 aliphatic heterocycles. The molecule has 0 spiro atoms. The molecule has 0 radical (unpaired) electrons. The number of para-hydroxylation sites is 2. The Labute approximate surface area is 92.6 Å². The Hall–Kier alpha value is -1.36. The topological polar surface area (TPSA) is 21.7 Å². The number of halogens is 2. The lowest BCUT2D eigenvalue weighted by atomic mass is 10.2. The summed E-state index contributed by atoms with van der Waals surface area (Å²) in [6.45, 7) is -0.165. The van der Waals surface area contributed by atoms with E-state index < -0.39 is 6.61 Å². The van der Waals surface area contributed by atoms with Gasteiger partial charge in [-0.1, -0.05) is 12.1 Å². The van der Waals surface area contributed by atoms with Gasteiger partial charge in [-0.15, -0.1) is 0 Å². The summed E-state index contributed by atoms with van der Waals surface area (Å²) in [7, 11) is 0. The zero-order chi connectivity index (χ0) is 11.4. The fourth-order valence-electron chi connectivity index (χ4n) is 1.72. The van der Waals surface area contributed by atoms with E-state index >= 15 is 0 Å². The summed E-state index contributed by atoms with van der Waals surface area (Å²) in [5, 5.41) is 0. The van der Waals surface area contributed by atoms with E-state index in [1.807, 2.05) is 11.0 Å². The minimum Gasteiger partial charge on any atom is -0.433 e. The average molecular weight is 229 g/mol. The first kappa shape index (κ1) is 11.1. The lowest BCUT2D eigenvalue weighted by Gasteiger charge is -2.30. The van der Waals surface area contributed by atoms with Crippen molar-refractivity contribution in [2.45, 2.75) is 6.61 Å². The standard InChI is InChI=1S/C11H13F2NO2/c12-11(13)16-10-4-2-1-3-9(10)14-5-7-15-8-6-14/h1-4,11H,5-8H2. The number of anilines is 1. The Morgan fingerprint density at radius 3 is 2.56 bits per heavy atom. The molecule has 0 bridgehead atoms. The molecule has 0 saturated carbocycles. The smallest absolute Gasteiger partial charge is 0.387 e. The molecule has 1 aliphatic rings. The quantitative estimate of drug-likeness (QED) is 0.792. The normalized spacial score (nSPS) is 16.6. The van der Waals surface area contributed by atoms with Crippen molar-refractivity contribution >= 4 is 5.69 Å². The molecule has 1 fully saturated rings. The van der Waals surface area contributed by atoms with Gasteiger partial charge < -0.3 is 14.4 Å². The van der Waals surface area contributed by atoms with E-state index in [1.54, 1.807) is 18.2 Å². The van der Waals surface area contributed by atoms with Crippen LogP contribution in [0.25, 0.3) is 0 Å². The number of benzene rings is 1. The number of hydrogen-bond acceptors (Lipinski definition) is 3. The fourth-order valence-corrected chi connectivity index (χ4v) is 1.72. The molecule has 88 valence electrons. The minimum absolute atomic E-state index is 0.222. The molecule has 3 nitrogen and oxygen atoms in total. The van der Waals surface area contributed by atoms with Crippen LogP contribution in [0.1, 0.15) is 0 Å². The molecule has 1 saturated heterocycles. The second-order valence-electron chi connectivity index (χ2n) is 3.45. The van der Waals surface area contributed by atoms with E-state index in [-0.39, 0.29) is 5.75 Å². The highest BCUT2D eigenvalue weighted by Crippen LogP contribution is 2.29. The Kier molecular flexibility index (Phi) is 3.56. The van der Waals surface area contributed by atoms with Crippen LogP contribution in [0.5, 0.6) is 5.75 Å². The molecular weight excluding hydrogens is 216 g/mol. The van der Waals surface area contributed by atoms with Crippen LogP contribution in [0.4, 0.5) is 14.5 Å². The van der Waals surface area contributed by atoms with Gasteiger partial charge in [0.25, 0.3) is 0 Å². The average Bonchev–Trinajstić information content (AvgIpc) is 2.30. The van der Waals surface area contributed by atoms with E-state index in [1.165, 1.54) is 0 Å². The molecule has 1 heterocycles. The zero-order valence-electron chi connectivity index (χ0n) is 8.73. The van der Waals surface area contributed by atoms with Gasteiger partial charge in [-0.3, -0.25) is 0 Å². The maximum Gasteiger partial charge on any atom is 0.387 e. The van der Waals surface area contributed by atoms with Crippen molar-refractivity contribution in [3.05, 3.63) is 24.3 Å². The van der Waals surface area contributed by atoms with Gasteiger partial charge in [0.1, 0.15) is 5.75 Å². The molecular formula is C11H13F2NO2. The molecule has 16 heavy (non-hydrogen) atoms. The number of nitrogens with zero attached hydrogens (tertiary/aromatic N) is 1. The number of rotatable bonds is 3. The van der Waals surface area contributed by atoms with Crippen LogP contribution in [0.3, 0.4) is 0 Å². The van der Waals surface area contributed by atoms with Crippen molar-refractivity contribution in [1.29, 1.82) is 0 Å². The summed E-state index contributed by atoms with van der Waals surface area (Å²) >= 11 is 0. The summed E-state index contributed by atoms with van der Waals surface area (Å²) in [6.07, 6.45) is 0. The molecule has 0 aliphatic carbocycles. The van der Waals surface area contributed by atoms with Crippen LogP contribution in [-0.4, -0.2) is 32.9 Å². The van der Waals surface area contributed by atoms with E-state index in [9.17, 15) is 8.78 Å². The third kappa shape index (κ3) is 2.61. The molecule has 2 rings (SSSR count).